The molecule has 4 heteroatoms. The topological polar surface area (TPSA) is 57.5 Å². The fourth-order valence-electron chi connectivity index (χ4n) is 3.79. The molecule has 1 unspecified atom stereocenters. The highest BCUT2D eigenvalue weighted by Crippen LogP contribution is 2.14. The number of carbonyl (C=O) groups is 1. The molecule has 2 N–H and O–H groups in total. The minimum absolute atomic E-state index is 0.180. The van der Waals surface area contributed by atoms with E-state index in [0.29, 0.717) is 6.42 Å². The summed E-state index contributed by atoms with van der Waals surface area (Å²) in [5.41, 5.74) is 0. The molecule has 0 aliphatic rings. The number of unbranched alkanes of at least 4 members (excludes halogenated alkanes) is 12. The van der Waals surface area contributed by atoms with E-state index in [9.17, 15) is 9.90 Å². The third-order valence-corrected chi connectivity index (χ3v) is 5.50. The molecule has 0 heterocycles. The van der Waals surface area contributed by atoms with Gasteiger partial charge in [-0.25, -0.2) is 0 Å². The lowest BCUT2D eigenvalue weighted by molar-refractivity contribution is -0.893. The van der Waals surface area contributed by atoms with Gasteiger partial charge >= 0.3 is 5.97 Å². The number of carboxylic acids is 1. The third-order valence-electron chi connectivity index (χ3n) is 5.50. The van der Waals surface area contributed by atoms with Gasteiger partial charge in [0.1, 0.15) is 12.6 Å². The Morgan fingerprint density at radius 1 is 0.778 bits per heavy atom. The van der Waals surface area contributed by atoms with Crippen LogP contribution in [-0.4, -0.2) is 54.0 Å². The summed E-state index contributed by atoms with van der Waals surface area (Å²) in [6.45, 7) is 4.19. The quantitative estimate of drug-likeness (QED) is 0.206. The van der Waals surface area contributed by atoms with Crippen LogP contribution < -0.4 is 0 Å². The van der Waals surface area contributed by atoms with Crippen molar-refractivity contribution >= 4 is 5.97 Å². The van der Waals surface area contributed by atoms with Crippen LogP contribution in [0.2, 0.25) is 0 Å². The Hall–Kier alpha value is -0.610. The second-order valence-corrected chi connectivity index (χ2v) is 9.02. The maximum absolute atomic E-state index is 10.5. The molecule has 162 valence electrons. The van der Waals surface area contributed by atoms with E-state index in [1.54, 1.807) is 0 Å². The number of carboxylic acid groups (broad SMARTS) is 1. The Morgan fingerprint density at radius 3 is 1.81 bits per heavy atom. The number of aliphatic hydroxyl groups excluding tert-OH is 1. The van der Waals surface area contributed by atoms with Crippen molar-refractivity contribution in [3.8, 4) is 0 Å². The smallest absolute Gasteiger partial charge is 0.303 e. The van der Waals surface area contributed by atoms with E-state index in [1.165, 1.54) is 51.4 Å². The first-order chi connectivity index (χ1) is 12.9. The lowest BCUT2D eigenvalue weighted by Gasteiger charge is -2.32. The first kappa shape index (κ1) is 26.4. The van der Waals surface area contributed by atoms with E-state index < -0.39 is 5.97 Å². The fraction of sp³-hybridized carbons (Fsp3) is 0.957. The lowest BCUT2D eigenvalue weighted by atomic mass is 10.0. The van der Waals surface area contributed by atoms with Gasteiger partial charge in [0, 0.05) is 6.42 Å². The maximum atomic E-state index is 10.5. The van der Waals surface area contributed by atoms with Gasteiger partial charge < -0.3 is 14.7 Å². The van der Waals surface area contributed by atoms with Gasteiger partial charge in [0.15, 0.2) is 0 Å². The highest BCUT2D eigenvalue weighted by Gasteiger charge is 2.19. The summed E-state index contributed by atoms with van der Waals surface area (Å²) in [5.74, 6) is -0.686. The molecule has 0 aromatic rings. The maximum Gasteiger partial charge on any atom is 0.303 e. The number of nitrogens with zero attached hydrogens (tertiary/aromatic N) is 1. The van der Waals surface area contributed by atoms with Gasteiger partial charge in [0.2, 0.25) is 0 Å². The van der Waals surface area contributed by atoms with Gasteiger partial charge in [-0.1, -0.05) is 77.6 Å². The molecule has 0 saturated carbocycles. The molecule has 0 spiro atoms. The Morgan fingerprint density at radius 2 is 1.26 bits per heavy atom. The number of hydrogen-bond donors (Lipinski definition) is 2. The second-order valence-electron chi connectivity index (χ2n) is 9.02. The molecular formula is C23H48NO3+. The predicted octanol–water partition coefficient (Wildman–Crippen LogP) is 5.77. The molecule has 1 atom stereocenters. The number of likely N-dealkylation sites (N-methyl/N-ethyl adjacent to an activating group) is 1. The molecule has 0 aromatic heterocycles. The zero-order valence-electron chi connectivity index (χ0n) is 18.6. The van der Waals surface area contributed by atoms with Crippen LogP contribution in [0.3, 0.4) is 0 Å². The summed E-state index contributed by atoms with van der Waals surface area (Å²) in [4.78, 5) is 10.5. The summed E-state index contributed by atoms with van der Waals surface area (Å²) < 4.78 is 0.883. The Kier molecular flexibility index (Phi) is 17.1. The summed E-state index contributed by atoms with van der Waals surface area (Å²) in [7, 11) is 4.42. The molecule has 0 aliphatic heterocycles. The average Bonchev–Trinajstić information content (AvgIpc) is 2.58. The van der Waals surface area contributed by atoms with E-state index in [4.69, 9.17) is 5.11 Å². The average molecular weight is 387 g/mol. The second kappa shape index (κ2) is 17.5. The van der Waals surface area contributed by atoms with E-state index in [1.807, 2.05) is 0 Å². The number of aliphatic hydroxyl groups is 1. The van der Waals surface area contributed by atoms with E-state index >= 15 is 0 Å². The van der Waals surface area contributed by atoms with Crippen LogP contribution in [0.15, 0.2) is 0 Å². The molecule has 0 radical (unpaired) electrons. The first-order valence-electron chi connectivity index (χ1n) is 11.6. The van der Waals surface area contributed by atoms with Crippen LogP contribution in [0.4, 0.5) is 0 Å². The Labute approximate surface area is 168 Å². The van der Waals surface area contributed by atoms with Gasteiger partial charge in [-0.3, -0.25) is 4.79 Å². The van der Waals surface area contributed by atoms with Crippen LogP contribution in [0, 0.1) is 0 Å². The van der Waals surface area contributed by atoms with Crippen molar-refractivity contribution in [1.82, 2.24) is 0 Å². The molecule has 0 bridgehead atoms. The van der Waals surface area contributed by atoms with Gasteiger partial charge in [0.25, 0.3) is 0 Å². The lowest BCUT2D eigenvalue weighted by Crippen LogP contribution is -2.45. The molecule has 4 nitrogen and oxygen atoms in total. The van der Waals surface area contributed by atoms with E-state index in [2.05, 4.69) is 21.0 Å². The van der Waals surface area contributed by atoms with Crippen molar-refractivity contribution in [3.63, 3.8) is 0 Å². The number of aliphatic carboxylic acids is 1. The molecule has 0 fully saturated rings. The van der Waals surface area contributed by atoms with Gasteiger partial charge in [-0.2, -0.15) is 0 Å². The molecule has 0 aliphatic carbocycles. The van der Waals surface area contributed by atoms with Crippen molar-refractivity contribution in [2.45, 2.75) is 116 Å². The monoisotopic (exact) mass is 386 g/mol. The fourth-order valence-corrected chi connectivity index (χ4v) is 3.79. The van der Waals surface area contributed by atoms with Crippen molar-refractivity contribution in [1.29, 1.82) is 0 Å². The van der Waals surface area contributed by atoms with Crippen LogP contribution in [-0.2, 0) is 4.79 Å². The van der Waals surface area contributed by atoms with Crippen LogP contribution in [0.5, 0.6) is 0 Å². The largest absolute Gasteiger partial charge is 0.481 e. The summed E-state index contributed by atoms with van der Waals surface area (Å²) in [5, 5.41) is 19.0. The Balaban J connectivity index is 3.54. The van der Waals surface area contributed by atoms with Gasteiger partial charge in [0.05, 0.1) is 20.6 Å². The first-order valence-corrected chi connectivity index (χ1v) is 11.6. The van der Waals surface area contributed by atoms with E-state index in [0.717, 1.165) is 62.5 Å². The van der Waals surface area contributed by atoms with Crippen molar-refractivity contribution in [2.75, 3.05) is 27.2 Å². The van der Waals surface area contributed by atoms with Crippen LogP contribution >= 0.6 is 0 Å². The highest BCUT2D eigenvalue weighted by molar-refractivity contribution is 5.66. The zero-order valence-corrected chi connectivity index (χ0v) is 18.6. The van der Waals surface area contributed by atoms with E-state index in [-0.39, 0.29) is 6.10 Å². The predicted molar refractivity (Wildman–Crippen MR) is 115 cm³/mol. The third kappa shape index (κ3) is 19.9. The zero-order chi connectivity index (χ0) is 20.4. The van der Waals surface area contributed by atoms with Crippen LogP contribution in [0.1, 0.15) is 110 Å². The number of quaternary nitrogens is 1. The van der Waals surface area contributed by atoms with Crippen molar-refractivity contribution < 1.29 is 19.5 Å². The molecular weight excluding hydrogens is 338 g/mol. The highest BCUT2D eigenvalue weighted by atomic mass is 16.4. The standard InChI is InChI=1S/C23H47NO3/c1-4-5-6-7-8-9-10-12-15-18-22(25)21-24(2,3)20-17-14-11-13-16-19-23(26)27/h22,25H,4-21H2,1-3H3/p+1. The molecule has 0 rings (SSSR count). The van der Waals surface area contributed by atoms with Crippen LogP contribution in [0.25, 0.3) is 0 Å². The Bertz CT molecular complexity index is 345. The number of hydrogen-bond acceptors (Lipinski definition) is 2. The summed E-state index contributed by atoms with van der Waals surface area (Å²) in [6.07, 6.45) is 18.3. The molecule has 0 amide bonds. The molecule has 0 aromatic carbocycles. The number of rotatable bonds is 20. The van der Waals surface area contributed by atoms with Crippen molar-refractivity contribution in [2.24, 2.45) is 0 Å². The normalized spacial score (nSPS) is 13.0. The summed E-state index contributed by atoms with van der Waals surface area (Å²) >= 11 is 0. The summed E-state index contributed by atoms with van der Waals surface area (Å²) in [6, 6.07) is 0. The minimum Gasteiger partial charge on any atom is -0.481 e. The minimum atomic E-state index is -0.686. The van der Waals surface area contributed by atoms with Crippen molar-refractivity contribution in [3.05, 3.63) is 0 Å². The molecule has 27 heavy (non-hydrogen) atoms. The van der Waals surface area contributed by atoms with Gasteiger partial charge in [-0.05, 0) is 25.7 Å². The molecule has 0 saturated heterocycles. The van der Waals surface area contributed by atoms with Gasteiger partial charge in [-0.15, -0.1) is 0 Å². The SMILES string of the molecule is CCCCCCCCCCCC(O)C[N+](C)(C)CCCCCCCC(=O)O.